The van der Waals surface area contributed by atoms with E-state index in [0.717, 1.165) is 37.9 Å². The van der Waals surface area contributed by atoms with Crippen LogP contribution in [0.4, 0.5) is 5.69 Å². The second kappa shape index (κ2) is 8.05. The van der Waals surface area contributed by atoms with Crippen LogP contribution in [0.15, 0.2) is 18.2 Å². The Morgan fingerprint density at radius 3 is 2.96 bits per heavy atom. The molecule has 1 aromatic carbocycles. The number of nitro groups is 1. The lowest BCUT2D eigenvalue weighted by Crippen LogP contribution is -2.43. The molecule has 0 aromatic heterocycles. The normalized spacial score (nSPS) is 22.5. The first-order valence-corrected chi connectivity index (χ1v) is 9.66. The van der Waals surface area contributed by atoms with E-state index in [1.165, 1.54) is 24.9 Å². The van der Waals surface area contributed by atoms with Crippen LogP contribution < -0.4 is 10.1 Å². The number of hydrogen-bond donors (Lipinski definition) is 1. The summed E-state index contributed by atoms with van der Waals surface area (Å²) < 4.78 is 5.01. The number of fused-ring (bicyclic) bond motifs is 2. The predicted molar refractivity (Wildman–Crippen MR) is 97.0 cm³/mol. The van der Waals surface area contributed by atoms with E-state index in [-0.39, 0.29) is 17.3 Å². The zero-order valence-corrected chi connectivity index (χ0v) is 15.1. The molecule has 0 aliphatic carbocycles. The molecule has 3 rings (SSSR count). The maximum atomic E-state index is 12.6. The van der Waals surface area contributed by atoms with E-state index in [4.69, 9.17) is 4.74 Å². The summed E-state index contributed by atoms with van der Waals surface area (Å²) in [7, 11) is 1.42. The molecule has 136 valence electrons. The summed E-state index contributed by atoms with van der Waals surface area (Å²) in [6.45, 7) is 1.87. The average molecular weight is 365 g/mol. The van der Waals surface area contributed by atoms with Crippen molar-refractivity contribution in [3.8, 4) is 5.75 Å². The topological polar surface area (TPSA) is 84.7 Å². The Hall–Kier alpha value is -1.80. The zero-order chi connectivity index (χ0) is 17.8. The summed E-state index contributed by atoms with van der Waals surface area (Å²) in [4.78, 5) is 25.3. The van der Waals surface area contributed by atoms with Gasteiger partial charge in [-0.25, -0.2) is 0 Å². The number of hydrogen-bond acceptors (Lipinski definition) is 6. The van der Waals surface area contributed by atoms with Crippen LogP contribution in [-0.4, -0.2) is 53.8 Å². The Balaban J connectivity index is 1.57. The van der Waals surface area contributed by atoms with Gasteiger partial charge in [-0.3, -0.25) is 14.9 Å². The quantitative estimate of drug-likeness (QED) is 0.614. The number of carbonyl (C=O) groups is 1. The van der Waals surface area contributed by atoms with Crippen molar-refractivity contribution < 1.29 is 14.5 Å². The third-order valence-electron chi connectivity index (χ3n) is 4.88. The molecule has 2 heterocycles. The van der Waals surface area contributed by atoms with Crippen molar-refractivity contribution in [2.24, 2.45) is 0 Å². The number of rotatable bonds is 6. The monoisotopic (exact) mass is 365 g/mol. The van der Waals surface area contributed by atoms with Gasteiger partial charge in [-0.05, 0) is 37.4 Å². The highest BCUT2D eigenvalue weighted by Crippen LogP contribution is 2.31. The van der Waals surface area contributed by atoms with Crippen molar-refractivity contribution >= 4 is 23.4 Å². The minimum Gasteiger partial charge on any atom is -0.490 e. The third-order valence-corrected chi connectivity index (χ3v) is 5.86. The summed E-state index contributed by atoms with van der Waals surface area (Å²) in [5.41, 5.74) is 0.786. The minimum absolute atomic E-state index is 0.0384. The second-order valence-electron chi connectivity index (χ2n) is 6.43. The molecular formula is C17H23N3O4S. The van der Waals surface area contributed by atoms with E-state index >= 15 is 0 Å². The molecule has 1 N–H and O–H groups in total. The van der Waals surface area contributed by atoms with Crippen molar-refractivity contribution in [2.75, 3.05) is 26.0 Å². The smallest absolute Gasteiger partial charge is 0.311 e. The molecule has 2 atom stereocenters. The zero-order valence-electron chi connectivity index (χ0n) is 14.3. The molecule has 2 bridgehead atoms. The van der Waals surface area contributed by atoms with Crippen LogP contribution in [-0.2, 0) is 10.5 Å². The van der Waals surface area contributed by atoms with Gasteiger partial charge in [0.1, 0.15) is 0 Å². The van der Waals surface area contributed by atoms with Crippen LogP contribution in [0.1, 0.15) is 24.8 Å². The maximum Gasteiger partial charge on any atom is 0.311 e. The summed E-state index contributed by atoms with van der Waals surface area (Å²) in [5, 5.41) is 14.5. The molecule has 8 heteroatoms. The van der Waals surface area contributed by atoms with Gasteiger partial charge < -0.3 is 15.0 Å². The van der Waals surface area contributed by atoms with Gasteiger partial charge in [0.2, 0.25) is 5.91 Å². The van der Waals surface area contributed by atoms with Crippen molar-refractivity contribution in [1.29, 1.82) is 0 Å². The molecule has 2 aliphatic heterocycles. The molecule has 2 aliphatic rings. The molecule has 1 aromatic rings. The lowest BCUT2D eigenvalue weighted by atomic mass is 10.1. The number of nitrogens with one attached hydrogen (secondary N) is 1. The lowest BCUT2D eigenvalue weighted by Gasteiger charge is -2.27. The number of nitrogens with zero attached hydrogens (tertiary/aromatic N) is 2. The van der Waals surface area contributed by atoms with Crippen LogP contribution in [0.2, 0.25) is 0 Å². The largest absolute Gasteiger partial charge is 0.490 e. The Morgan fingerprint density at radius 2 is 2.20 bits per heavy atom. The van der Waals surface area contributed by atoms with E-state index in [1.54, 1.807) is 6.07 Å². The molecule has 0 spiro atoms. The first-order chi connectivity index (χ1) is 12.1. The lowest BCUT2D eigenvalue weighted by molar-refractivity contribution is -0.385. The van der Waals surface area contributed by atoms with Gasteiger partial charge >= 0.3 is 5.69 Å². The standard InChI is InChI=1S/C17H23N3O4S/c1-24-16-5-2-12(8-15(16)20(22)23)10-25-11-17(21)19-13-3-4-14(19)9-18-7-6-13/h2,5,8,13-14,18H,3-4,6-7,9-11H2,1H3. The highest BCUT2D eigenvalue weighted by molar-refractivity contribution is 7.99. The highest BCUT2D eigenvalue weighted by atomic mass is 32.2. The molecule has 2 fully saturated rings. The Bertz CT molecular complexity index is 641. The van der Waals surface area contributed by atoms with Crippen molar-refractivity contribution in [3.05, 3.63) is 33.9 Å². The van der Waals surface area contributed by atoms with Gasteiger partial charge in [0.05, 0.1) is 17.8 Å². The van der Waals surface area contributed by atoms with Crippen LogP contribution in [0.5, 0.6) is 5.75 Å². The number of nitro benzene ring substituents is 1. The fourth-order valence-electron chi connectivity index (χ4n) is 3.69. The Kier molecular flexibility index (Phi) is 5.80. The summed E-state index contributed by atoms with van der Waals surface area (Å²) in [5.74, 6) is 1.41. The van der Waals surface area contributed by atoms with Crippen molar-refractivity contribution in [2.45, 2.75) is 37.1 Å². The van der Waals surface area contributed by atoms with Gasteiger partial charge in [0.15, 0.2) is 5.75 Å². The van der Waals surface area contributed by atoms with Crippen molar-refractivity contribution in [3.63, 3.8) is 0 Å². The number of ether oxygens (including phenoxy) is 1. The fraction of sp³-hybridized carbons (Fsp3) is 0.588. The van der Waals surface area contributed by atoms with E-state index in [2.05, 4.69) is 10.2 Å². The maximum absolute atomic E-state index is 12.6. The van der Waals surface area contributed by atoms with Gasteiger partial charge in [-0.15, -0.1) is 11.8 Å². The van der Waals surface area contributed by atoms with Gasteiger partial charge in [0.25, 0.3) is 0 Å². The van der Waals surface area contributed by atoms with Crippen LogP contribution in [0.3, 0.4) is 0 Å². The Morgan fingerprint density at radius 1 is 1.40 bits per heavy atom. The van der Waals surface area contributed by atoms with E-state index in [0.29, 0.717) is 23.6 Å². The number of thioether (sulfide) groups is 1. The first kappa shape index (κ1) is 18.0. The van der Waals surface area contributed by atoms with E-state index in [1.807, 2.05) is 6.07 Å². The summed E-state index contributed by atoms with van der Waals surface area (Å²) in [6.07, 6.45) is 3.21. The van der Waals surface area contributed by atoms with Crippen LogP contribution in [0.25, 0.3) is 0 Å². The average Bonchev–Trinajstić information content (AvgIpc) is 2.87. The first-order valence-electron chi connectivity index (χ1n) is 8.51. The summed E-state index contributed by atoms with van der Waals surface area (Å²) in [6, 6.07) is 5.63. The molecular weight excluding hydrogens is 342 g/mol. The number of benzene rings is 1. The molecule has 7 nitrogen and oxygen atoms in total. The number of amides is 1. The molecule has 2 unspecified atom stereocenters. The van der Waals surface area contributed by atoms with Crippen LogP contribution in [0, 0.1) is 10.1 Å². The second-order valence-corrected chi connectivity index (χ2v) is 7.42. The van der Waals surface area contributed by atoms with Crippen molar-refractivity contribution in [1.82, 2.24) is 10.2 Å². The van der Waals surface area contributed by atoms with Gasteiger partial charge in [-0.1, -0.05) is 6.07 Å². The highest BCUT2D eigenvalue weighted by Gasteiger charge is 2.37. The number of methoxy groups -OCH3 is 1. The van der Waals surface area contributed by atoms with E-state index < -0.39 is 4.92 Å². The van der Waals surface area contributed by atoms with Gasteiger partial charge in [-0.2, -0.15) is 0 Å². The number of carbonyl (C=O) groups excluding carboxylic acids is 1. The molecule has 2 saturated heterocycles. The van der Waals surface area contributed by atoms with E-state index in [9.17, 15) is 14.9 Å². The molecule has 25 heavy (non-hydrogen) atoms. The third kappa shape index (κ3) is 4.07. The van der Waals surface area contributed by atoms with Crippen LogP contribution >= 0.6 is 11.8 Å². The Labute approximate surface area is 151 Å². The molecule has 1 amide bonds. The minimum atomic E-state index is -0.444. The summed E-state index contributed by atoms with van der Waals surface area (Å²) >= 11 is 1.51. The van der Waals surface area contributed by atoms with Gasteiger partial charge in [0, 0.05) is 30.4 Å². The SMILES string of the molecule is COc1ccc(CSCC(=O)N2C3CCNCC2CC3)cc1[N+](=O)[O-]. The fourth-order valence-corrected chi connectivity index (χ4v) is 4.53. The molecule has 0 radical (unpaired) electrons. The molecule has 0 saturated carbocycles. The predicted octanol–water partition coefficient (Wildman–Crippen LogP) is 2.19.